The van der Waals surface area contributed by atoms with Gasteiger partial charge in [-0.2, -0.15) is 0 Å². The Hall–Kier alpha value is -2.50. The van der Waals surface area contributed by atoms with E-state index in [0.29, 0.717) is 23.7 Å². The van der Waals surface area contributed by atoms with Crippen molar-refractivity contribution < 1.29 is 24.2 Å². The van der Waals surface area contributed by atoms with Crippen molar-refractivity contribution in [3.05, 3.63) is 29.5 Å². The Morgan fingerprint density at radius 3 is 2.57 bits per heavy atom. The van der Waals surface area contributed by atoms with Crippen LogP contribution in [-0.4, -0.2) is 30.7 Å². The van der Waals surface area contributed by atoms with Gasteiger partial charge in [0.1, 0.15) is 5.70 Å². The van der Waals surface area contributed by atoms with Crippen molar-refractivity contribution >= 4 is 18.0 Å². The van der Waals surface area contributed by atoms with Crippen LogP contribution in [0.25, 0.3) is 6.08 Å². The van der Waals surface area contributed by atoms with E-state index in [1.807, 2.05) is 0 Å². The van der Waals surface area contributed by atoms with E-state index in [2.05, 4.69) is 12.2 Å². The molecule has 6 nitrogen and oxygen atoms in total. The highest BCUT2D eigenvalue weighted by atomic mass is 16.5. The van der Waals surface area contributed by atoms with E-state index in [1.165, 1.54) is 20.1 Å². The Morgan fingerprint density at radius 1 is 1.26 bits per heavy atom. The first-order chi connectivity index (χ1) is 11.0. The van der Waals surface area contributed by atoms with Gasteiger partial charge in [0, 0.05) is 6.92 Å². The zero-order chi connectivity index (χ0) is 17.2. The van der Waals surface area contributed by atoms with E-state index in [-0.39, 0.29) is 5.70 Å². The highest BCUT2D eigenvalue weighted by molar-refractivity contribution is 5.96. The number of carbonyl (C=O) groups excluding carboxylic acids is 1. The molecule has 126 valence electrons. The van der Waals surface area contributed by atoms with Crippen LogP contribution in [0.5, 0.6) is 11.5 Å². The number of carboxylic acid groups (broad SMARTS) is 1. The van der Waals surface area contributed by atoms with E-state index in [1.54, 1.807) is 18.2 Å². The molecule has 0 aromatic heterocycles. The lowest BCUT2D eigenvalue weighted by Crippen LogP contribution is -2.24. The molecule has 0 bridgehead atoms. The van der Waals surface area contributed by atoms with Crippen LogP contribution in [0.1, 0.15) is 38.7 Å². The number of aliphatic carboxylic acids is 1. The van der Waals surface area contributed by atoms with Crippen LogP contribution in [0.4, 0.5) is 0 Å². The Labute approximate surface area is 136 Å². The summed E-state index contributed by atoms with van der Waals surface area (Å²) in [6.45, 7) is 3.98. The molecule has 1 amide bonds. The minimum absolute atomic E-state index is 0.198. The van der Waals surface area contributed by atoms with Gasteiger partial charge in [0.2, 0.25) is 5.91 Å². The summed E-state index contributed by atoms with van der Waals surface area (Å²) >= 11 is 0. The lowest BCUT2D eigenvalue weighted by molar-refractivity contribution is -0.134. The maximum absolute atomic E-state index is 11.1. The third kappa shape index (κ3) is 6.42. The topological polar surface area (TPSA) is 84.9 Å². The summed E-state index contributed by atoms with van der Waals surface area (Å²) in [4.78, 5) is 22.2. The van der Waals surface area contributed by atoms with Crippen LogP contribution < -0.4 is 14.8 Å². The molecule has 23 heavy (non-hydrogen) atoms. The number of nitrogens with one attached hydrogen (secondary N) is 1. The molecule has 0 saturated carbocycles. The number of methoxy groups -OCH3 is 1. The molecule has 0 heterocycles. The van der Waals surface area contributed by atoms with Gasteiger partial charge in [0.05, 0.1) is 13.7 Å². The van der Waals surface area contributed by atoms with E-state index in [0.717, 1.165) is 19.3 Å². The molecule has 1 aromatic carbocycles. The van der Waals surface area contributed by atoms with Crippen LogP contribution in [0.2, 0.25) is 0 Å². The number of carbonyl (C=O) groups is 2. The fourth-order valence-corrected chi connectivity index (χ4v) is 1.93. The van der Waals surface area contributed by atoms with E-state index in [4.69, 9.17) is 14.6 Å². The van der Waals surface area contributed by atoms with Gasteiger partial charge in [-0.25, -0.2) is 4.79 Å². The van der Waals surface area contributed by atoms with Crippen LogP contribution >= 0.6 is 0 Å². The van der Waals surface area contributed by atoms with Gasteiger partial charge in [0.15, 0.2) is 11.5 Å². The highest BCUT2D eigenvalue weighted by Crippen LogP contribution is 2.29. The second-order valence-corrected chi connectivity index (χ2v) is 5.01. The Morgan fingerprint density at radius 2 is 2.00 bits per heavy atom. The lowest BCUT2D eigenvalue weighted by Gasteiger charge is -2.11. The van der Waals surface area contributed by atoms with Crippen molar-refractivity contribution in [3.63, 3.8) is 0 Å². The second-order valence-electron chi connectivity index (χ2n) is 5.01. The van der Waals surface area contributed by atoms with Crippen molar-refractivity contribution in [2.24, 2.45) is 0 Å². The number of rotatable bonds is 9. The molecular formula is C17H23NO5. The third-order valence-electron chi connectivity index (χ3n) is 3.05. The number of ether oxygens (including phenoxy) is 2. The Kier molecular flexibility index (Phi) is 7.66. The molecule has 0 aliphatic heterocycles. The summed E-state index contributed by atoms with van der Waals surface area (Å²) in [7, 11) is 1.52. The molecule has 2 N–H and O–H groups in total. The predicted octanol–water partition coefficient (Wildman–Crippen LogP) is 2.83. The van der Waals surface area contributed by atoms with Gasteiger partial charge < -0.3 is 19.9 Å². The quantitative estimate of drug-likeness (QED) is 0.539. The summed E-state index contributed by atoms with van der Waals surface area (Å²) in [5, 5.41) is 11.4. The molecule has 0 spiro atoms. The molecule has 0 radical (unpaired) electrons. The number of hydrogen-bond acceptors (Lipinski definition) is 4. The van der Waals surface area contributed by atoms with Gasteiger partial charge in [0.25, 0.3) is 0 Å². The minimum Gasteiger partial charge on any atom is -0.493 e. The van der Waals surface area contributed by atoms with Gasteiger partial charge in [-0.3, -0.25) is 4.79 Å². The monoisotopic (exact) mass is 321 g/mol. The molecule has 0 unspecified atom stereocenters. The predicted molar refractivity (Wildman–Crippen MR) is 87.4 cm³/mol. The van der Waals surface area contributed by atoms with Crippen LogP contribution in [0.15, 0.2) is 23.9 Å². The molecule has 0 atom stereocenters. The summed E-state index contributed by atoms with van der Waals surface area (Å²) in [5.41, 5.74) is 0.394. The molecule has 0 saturated heterocycles. The number of carboxylic acids is 1. The smallest absolute Gasteiger partial charge is 0.352 e. The SMILES string of the molecule is CCCCCOc1ccc(/C=C(\NC(C)=O)C(=O)O)cc1OC. The first-order valence-corrected chi connectivity index (χ1v) is 7.51. The molecular weight excluding hydrogens is 298 g/mol. The fourth-order valence-electron chi connectivity index (χ4n) is 1.93. The van der Waals surface area contributed by atoms with Crippen molar-refractivity contribution in [1.82, 2.24) is 5.32 Å². The lowest BCUT2D eigenvalue weighted by atomic mass is 10.1. The maximum Gasteiger partial charge on any atom is 0.352 e. The van der Waals surface area contributed by atoms with Crippen LogP contribution in [0.3, 0.4) is 0 Å². The van der Waals surface area contributed by atoms with Crippen molar-refractivity contribution in [3.8, 4) is 11.5 Å². The molecule has 0 aliphatic rings. The van der Waals surface area contributed by atoms with Crippen molar-refractivity contribution in [1.29, 1.82) is 0 Å². The number of benzene rings is 1. The average molecular weight is 321 g/mol. The summed E-state index contributed by atoms with van der Waals surface area (Å²) in [6, 6.07) is 5.10. The normalized spacial score (nSPS) is 11.0. The molecule has 0 aliphatic carbocycles. The Bertz CT molecular complexity index is 580. The summed E-state index contributed by atoms with van der Waals surface area (Å²) in [5.74, 6) is -0.527. The second kappa shape index (κ2) is 9.50. The number of hydrogen-bond donors (Lipinski definition) is 2. The minimum atomic E-state index is -1.21. The first kappa shape index (κ1) is 18.5. The van der Waals surface area contributed by atoms with Gasteiger partial charge in [-0.15, -0.1) is 0 Å². The largest absolute Gasteiger partial charge is 0.493 e. The van der Waals surface area contributed by atoms with E-state index < -0.39 is 11.9 Å². The number of unbranched alkanes of at least 4 members (excludes halogenated alkanes) is 2. The zero-order valence-corrected chi connectivity index (χ0v) is 13.7. The van der Waals surface area contributed by atoms with Crippen molar-refractivity contribution in [2.75, 3.05) is 13.7 Å². The zero-order valence-electron chi connectivity index (χ0n) is 13.7. The van der Waals surface area contributed by atoms with Gasteiger partial charge >= 0.3 is 5.97 Å². The summed E-state index contributed by atoms with van der Waals surface area (Å²) in [6.07, 6.45) is 4.55. The maximum atomic E-state index is 11.1. The van der Waals surface area contributed by atoms with E-state index >= 15 is 0 Å². The molecule has 1 aromatic rings. The average Bonchev–Trinajstić information content (AvgIpc) is 2.51. The van der Waals surface area contributed by atoms with Gasteiger partial charge in [-0.05, 0) is 30.2 Å². The summed E-state index contributed by atoms with van der Waals surface area (Å²) < 4.78 is 10.9. The van der Waals surface area contributed by atoms with Crippen LogP contribution in [0, 0.1) is 0 Å². The molecule has 6 heteroatoms. The standard InChI is InChI=1S/C17H23NO5/c1-4-5-6-9-23-15-8-7-13(11-16(15)22-3)10-14(17(20)21)18-12(2)19/h7-8,10-11H,4-6,9H2,1-3H3,(H,18,19)(H,20,21)/b14-10-. The van der Waals surface area contributed by atoms with Crippen molar-refractivity contribution in [2.45, 2.75) is 33.1 Å². The third-order valence-corrected chi connectivity index (χ3v) is 3.05. The van der Waals surface area contributed by atoms with Gasteiger partial charge in [-0.1, -0.05) is 25.8 Å². The molecule has 0 fully saturated rings. The number of amides is 1. The highest BCUT2D eigenvalue weighted by Gasteiger charge is 2.10. The van der Waals surface area contributed by atoms with E-state index in [9.17, 15) is 9.59 Å². The molecule has 1 rings (SSSR count). The fraction of sp³-hybridized carbons (Fsp3) is 0.412. The van der Waals surface area contributed by atoms with Crippen LogP contribution in [-0.2, 0) is 9.59 Å². The Balaban J connectivity index is 2.92. The first-order valence-electron chi connectivity index (χ1n) is 7.51.